The Hall–Kier alpha value is -1.58. The molecule has 0 radical (unpaired) electrons. The third-order valence-corrected chi connectivity index (χ3v) is 2.42. The number of aromatic nitrogens is 1. The summed E-state index contributed by atoms with van der Waals surface area (Å²) in [6.45, 7) is 1.98. The van der Waals surface area contributed by atoms with E-state index in [1.54, 1.807) is 6.07 Å². The molecule has 2 rings (SSSR count). The fourth-order valence-corrected chi connectivity index (χ4v) is 1.22. The summed E-state index contributed by atoms with van der Waals surface area (Å²) in [6, 6.07) is 3.04. The fraction of sp³-hybridized carbons (Fsp3) is 0.400. The van der Waals surface area contributed by atoms with Gasteiger partial charge in [0.25, 0.3) is 5.91 Å². The van der Waals surface area contributed by atoms with E-state index in [1.165, 1.54) is 12.3 Å². The maximum absolute atomic E-state index is 11.6. The van der Waals surface area contributed by atoms with Crippen molar-refractivity contribution in [3.63, 3.8) is 0 Å². The molecule has 0 aromatic carbocycles. The third kappa shape index (κ3) is 1.69. The number of carbonyl (C=O) groups excluding carboxylic acids is 1. The van der Waals surface area contributed by atoms with Gasteiger partial charge >= 0.3 is 0 Å². The lowest BCUT2D eigenvalue weighted by molar-refractivity contribution is 0.0927. The molecule has 0 bridgehead atoms. The van der Waals surface area contributed by atoms with Crippen molar-refractivity contribution in [1.29, 1.82) is 0 Å². The predicted molar refractivity (Wildman–Crippen MR) is 51.0 cm³/mol. The minimum absolute atomic E-state index is 0.0748. The van der Waals surface area contributed by atoms with Gasteiger partial charge in [-0.3, -0.25) is 4.79 Å². The van der Waals surface area contributed by atoms with Crippen molar-refractivity contribution in [3.05, 3.63) is 24.0 Å². The van der Waals surface area contributed by atoms with E-state index >= 15 is 0 Å². The molecule has 14 heavy (non-hydrogen) atoms. The zero-order valence-corrected chi connectivity index (χ0v) is 7.95. The monoisotopic (exact) mass is 192 g/mol. The van der Waals surface area contributed by atoms with Gasteiger partial charge in [0.15, 0.2) is 5.69 Å². The van der Waals surface area contributed by atoms with Crippen LogP contribution in [0.2, 0.25) is 0 Å². The molecule has 4 nitrogen and oxygen atoms in total. The number of hydrogen-bond acceptors (Lipinski definition) is 3. The van der Waals surface area contributed by atoms with Crippen LogP contribution in [0.15, 0.2) is 18.3 Å². The fourth-order valence-electron chi connectivity index (χ4n) is 1.22. The first-order valence-electron chi connectivity index (χ1n) is 4.57. The molecule has 1 aromatic heterocycles. The van der Waals surface area contributed by atoms with Crippen LogP contribution in [-0.2, 0) is 0 Å². The van der Waals surface area contributed by atoms with E-state index in [0.717, 1.165) is 12.8 Å². The van der Waals surface area contributed by atoms with Gasteiger partial charge < -0.3 is 10.4 Å². The Bertz CT molecular complexity index is 372. The molecular weight excluding hydrogens is 180 g/mol. The number of hydrogen-bond donors (Lipinski definition) is 2. The molecule has 4 heteroatoms. The van der Waals surface area contributed by atoms with Gasteiger partial charge in [-0.2, -0.15) is 0 Å². The summed E-state index contributed by atoms with van der Waals surface area (Å²) in [4.78, 5) is 15.4. The number of amides is 1. The highest BCUT2D eigenvalue weighted by molar-refractivity contribution is 5.95. The topological polar surface area (TPSA) is 62.2 Å². The van der Waals surface area contributed by atoms with Crippen LogP contribution in [0.25, 0.3) is 0 Å². The van der Waals surface area contributed by atoms with Gasteiger partial charge in [0.1, 0.15) is 5.75 Å². The second kappa shape index (κ2) is 2.97. The van der Waals surface area contributed by atoms with E-state index in [0.29, 0.717) is 0 Å². The average molecular weight is 192 g/mol. The molecule has 0 aliphatic heterocycles. The first-order valence-corrected chi connectivity index (χ1v) is 4.57. The molecule has 0 saturated heterocycles. The van der Waals surface area contributed by atoms with Gasteiger partial charge in [0, 0.05) is 11.7 Å². The van der Waals surface area contributed by atoms with Crippen molar-refractivity contribution in [1.82, 2.24) is 10.3 Å². The molecule has 1 fully saturated rings. The van der Waals surface area contributed by atoms with Crippen molar-refractivity contribution in [2.45, 2.75) is 25.3 Å². The second-order valence-corrected chi connectivity index (χ2v) is 3.89. The molecular formula is C10H12N2O2. The highest BCUT2D eigenvalue weighted by atomic mass is 16.3. The predicted octanol–water partition coefficient (Wildman–Crippen LogP) is 1.07. The van der Waals surface area contributed by atoms with Crippen molar-refractivity contribution >= 4 is 5.91 Å². The zero-order valence-electron chi connectivity index (χ0n) is 7.95. The molecule has 1 aliphatic rings. The van der Waals surface area contributed by atoms with Gasteiger partial charge in [-0.15, -0.1) is 0 Å². The first-order chi connectivity index (χ1) is 6.61. The number of pyridine rings is 1. The van der Waals surface area contributed by atoms with Crippen LogP contribution >= 0.6 is 0 Å². The van der Waals surface area contributed by atoms with E-state index < -0.39 is 0 Å². The quantitative estimate of drug-likeness (QED) is 0.736. The number of aromatic hydroxyl groups is 1. The Morgan fingerprint density at radius 3 is 2.93 bits per heavy atom. The Kier molecular flexibility index (Phi) is 1.91. The SMILES string of the molecule is CC1(NC(=O)c2ncccc2O)CC1. The number of nitrogens with zero attached hydrogens (tertiary/aromatic N) is 1. The largest absolute Gasteiger partial charge is 0.505 e. The molecule has 1 saturated carbocycles. The highest BCUT2D eigenvalue weighted by Crippen LogP contribution is 2.34. The van der Waals surface area contributed by atoms with Gasteiger partial charge in [-0.05, 0) is 31.9 Å². The van der Waals surface area contributed by atoms with Crippen LogP contribution in [0.5, 0.6) is 5.75 Å². The van der Waals surface area contributed by atoms with E-state index in [1.807, 2.05) is 6.92 Å². The summed E-state index contributed by atoms with van der Waals surface area (Å²) in [5, 5.41) is 12.2. The Morgan fingerprint density at radius 1 is 1.64 bits per heavy atom. The Labute approximate surface area is 82.0 Å². The first kappa shape index (κ1) is 8.99. The standard InChI is InChI=1S/C10H12N2O2/c1-10(4-5-10)12-9(14)8-7(13)3-2-6-11-8/h2-3,6,13H,4-5H2,1H3,(H,12,14). The molecule has 1 amide bonds. The molecule has 74 valence electrons. The molecule has 1 heterocycles. The molecule has 0 spiro atoms. The number of rotatable bonds is 2. The smallest absolute Gasteiger partial charge is 0.274 e. The van der Waals surface area contributed by atoms with Gasteiger partial charge in [0.05, 0.1) is 0 Å². The van der Waals surface area contributed by atoms with Gasteiger partial charge in [-0.25, -0.2) is 4.98 Å². The summed E-state index contributed by atoms with van der Waals surface area (Å²) < 4.78 is 0. The van der Waals surface area contributed by atoms with Crippen molar-refractivity contribution in [3.8, 4) is 5.75 Å². The summed E-state index contributed by atoms with van der Waals surface area (Å²) in [5.74, 6) is -0.377. The Balaban J connectivity index is 2.15. The molecule has 1 aromatic rings. The summed E-state index contributed by atoms with van der Waals surface area (Å²) in [7, 11) is 0. The molecule has 1 aliphatic carbocycles. The zero-order chi connectivity index (χ0) is 10.2. The molecule has 2 N–H and O–H groups in total. The average Bonchev–Trinajstić information content (AvgIpc) is 2.84. The van der Waals surface area contributed by atoms with Crippen molar-refractivity contribution < 1.29 is 9.90 Å². The lowest BCUT2D eigenvalue weighted by atomic mass is 10.2. The van der Waals surface area contributed by atoms with Crippen LogP contribution in [-0.4, -0.2) is 21.5 Å². The maximum atomic E-state index is 11.6. The van der Waals surface area contributed by atoms with Crippen molar-refractivity contribution in [2.75, 3.05) is 0 Å². The minimum atomic E-state index is -0.303. The van der Waals surface area contributed by atoms with Crippen LogP contribution in [0, 0.1) is 0 Å². The summed E-state index contributed by atoms with van der Waals surface area (Å²) in [5.41, 5.74) is 0.0155. The van der Waals surface area contributed by atoms with E-state index in [-0.39, 0.29) is 22.9 Å². The highest BCUT2D eigenvalue weighted by Gasteiger charge is 2.39. The Morgan fingerprint density at radius 2 is 2.36 bits per heavy atom. The maximum Gasteiger partial charge on any atom is 0.274 e. The van der Waals surface area contributed by atoms with Crippen molar-refractivity contribution in [2.24, 2.45) is 0 Å². The molecule has 0 unspecified atom stereocenters. The number of carbonyl (C=O) groups is 1. The van der Waals surface area contributed by atoms with Gasteiger partial charge in [-0.1, -0.05) is 0 Å². The normalized spacial score (nSPS) is 17.5. The minimum Gasteiger partial charge on any atom is -0.505 e. The number of nitrogens with one attached hydrogen (secondary N) is 1. The summed E-state index contributed by atoms with van der Waals surface area (Å²) in [6.07, 6.45) is 3.47. The summed E-state index contributed by atoms with van der Waals surface area (Å²) >= 11 is 0. The van der Waals surface area contributed by atoms with E-state index in [9.17, 15) is 9.90 Å². The van der Waals surface area contributed by atoms with Crippen LogP contribution in [0.3, 0.4) is 0 Å². The van der Waals surface area contributed by atoms with Crippen LogP contribution in [0.1, 0.15) is 30.3 Å². The van der Waals surface area contributed by atoms with Crippen LogP contribution in [0.4, 0.5) is 0 Å². The third-order valence-electron chi connectivity index (χ3n) is 2.42. The van der Waals surface area contributed by atoms with E-state index in [2.05, 4.69) is 10.3 Å². The lowest BCUT2D eigenvalue weighted by Gasteiger charge is -2.10. The molecule has 0 atom stereocenters. The second-order valence-electron chi connectivity index (χ2n) is 3.89. The lowest BCUT2D eigenvalue weighted by Crippen LogP contribution is -2.34. The van der Waals surface area contributed by atoms with E-state index in [4.69, 9.17) is 0 Å². The van der Waals surface area contributed by atoms with Gasteiger partial charge in [0.2, 0.25) is 0 Å². The van der Waals surface area contributed by atoms with Crippen LogP contribution < -0.4 is 5.32 Å².